The molecule has 6 nitrogen and oxygen atoms in total. The van der Waals surface area contributed by atoms with Crippen LogP contribution >= 0.6 is 0 Å². The van der Waals surface area contributed by atoms with Crippen molar-refractivity contribution in [3.05, 3.63) is 47.3 Å². The van der Waals surface area contributed by atoms with Crippen molar-refractivity contribution in [3.8, 4) is 0 Å². The highest BCUT2D eigenvalue weighted by Gasteiger charge is 2.38. The van der Waals surface area contributed by atoms with Crippen molar-refractivity contribution in [2.75, 3.05) is 13.1 Å². The van der Waals surface area contributed by atoms with Gasteiger partial charge in [0.1, 0.15) is 0 Å². The van der Waals surface area contributed by atoms with Gasteiger partial charge in [-0.1, -0.05) is 35.0 Å². The Balaban J connectivity index is 1.39. The average Bonchev–Trinajstić information content (AvgIpc) is 3.16. The second-order valence-corrected chi connectivity index (χ2v) is 8.58. The summed E-state index contributed by atoms with van der Waals surface area (Å²) < 4.78 is 28.3. The highest BCUT2D eigenvalue weighted by molar-refractivity contribution is 7.88. The first kappa shape index (κ1) is 14.8. The zero-order valence-electron chi connectivity index (χ0n) is 13.1. The van der Waals surface area contributed by atoms with E-state index in [0.717, 1.165) is 16.8 Å². The molecule has 2 aliphatic rings. The third-order valence-corrected chi connectivity index (χ3v) is 6.33. The third-order valence-electron chi connectivity index (χ3n) is 4.55. The lowest BCUT2D eigenvalue weighted by molar-refractivity contribution is 0.188. The summed E-state index contributed by atoms with van der Waals surface area (Å²) in [6, 6.07) is 7.77. The molecule has 1 aliphatic heterocycles. The largest absolute Gasteiger partial charge is 0.247 e. The molecular formula is C16H20N4O2S. The number of rotatable bonds is 5. The maximum Gasteiger partial charge on any atom is 0.218 e. The third kappa shape index (κ3) is 3.03. The van der Waals surface area contributed by atoms with E-state index in [9.17, 15) is 8.42 Å². The van der Waals surface area contributed by atoms with Crippen molar-refractivity contribution in [3.63, 3.8) is 0 Å². The van der Waals surface area contributed by atoms with Crippen molar-refractivity contribution < 1.29 is 8.42 Å². The van der Waals surface area contributed by atoms with Crippen molar-refractivity contribution in [1.82, 2.24) is 19.3 Å². The van der Waals surface area contributed by atoms with Crippen LogP contribution in [-0.4, -0.2) is 40.8 Å². The van der Waals surface area contributed by atoms with Crippen LogP contribution in [-0.2, 0) is 15.8 Å². The molecule has 0 amide bonds. The van der Waals surface area contributed by atoms with Gasteiger partial charge in [0.2, 0.25) is 10.0 Å². The molecule has 2 heterocycles. The monoisotopic (exact) mass is 332 g/mol. The number of aromatic nitrogens is 3. The SMILES string of the molecule is Cc1cccc(CS(=O)(=O)N2CC(n3cc(C4CC4)nn3)C2)c1. The van der Waals surface area contributed by atoms with Crippen molar-refractivity contribution >= 4 is 10.0 Å². The molecule has 1 aromatic heterocycles. The van der Waals surface area contributed by atoms with Crippen LogP contribution in [0.4, 0.5) is 0 Å². The van der Waals surface area contributed by atoms with E-state index in [1.807, 2.05) is 42.1 Å². The van der Waals surface area contributed by atoms with Gasteiger partial charge in [-0.2, -0.15) is 4.31 Å². The minimum atomic E-state index is -3.26. The molecule has 1 saturated heterocycles. The van der Waals surface area contributed by atoms with Gasteiger partial charge < -0.3 is 0 Å². The van der Waals surface area contributed by atoms with Crippen LogP contribution in [0.1, 0.15) is 41.6 Å². The van der Waals surface area contributed by atoms with Crippen LogP contribution in [0, 0.1) is 6.92 Å². The Kier molecular flexibility index (Phi) is 3.50. The van der Waals surface area contributed by atoms with Crippen LogP contribution in [0.15, 0.2) is 30.5 Å². The topological polar surface area (TPSA) is 68.1 Å². The van der Waals surface area contributed by atoms with E-state index < -0.39 is 10.0 Å². The zero-order chi connectivity index (χ0) is 16.0. The van der Waals surface area contributed by atoms with E-state index in [-0.39, 0.29) is 11.8 Å². The first-order valence-corrected chi connectivity index (χ1v) is 9.57. The summed E-state index contributed by atoms with van der Waals surface area (Å²) in [5, 5.41) is 8.35. The molecule has 1 saturated carbocycles. The second kappa shape index (κ2) is 5.42. The fourth-order valence-electron chi connectivity index (χ4n) is 2.95. The Labute approximate surface area is 136 Å². The summed E-state index contributed by atoms with van der Waals surface area (Å²) in [6.45, 7) is 2.95. The highest BCUT2D eigenvalue weighted by atomic mass is 32.2. The number of benzene rings is 1. The first-order chi connectivity index (χ1) is 11.0. The molecular weight excluding hydrogens is 312 g/mol. The lowest BCUT2D eigenvalue weighted by Gasteiger charge is -2.37. The lowest BCUT2D eigenvalue weighted by Crippen LogP contribution is -2.51. The fourth-order valence-corrected chi connectivity index (χ4v) is 4.53. The van der Waals surface area contributed by atoms with E-state index in [4.69, 9.17) is 0 Å². The van der Waals surface area contributed by atoms with Gasteiger partial charge in [0.25, 0.3) is 0 Å². The second-order valence-electron chi connectivity index (χ2n) is 6.61. The maximum absolute atomic E-state index is 12.5. The summed E-state index contributed by atoms with van der Waals surface area (Å²) in [6.07, 6.45) is 4.37. The minimum absolute atomic E-state index is 0.0616. The number of sulfonamides is 1. The zero-order valence-corrected chi connectivity index (χ0v) is 13.9. The van der Waals surface area contributed by atoms with E-state index in [1.54, 1.807) is 4.31 Å². The lowest BCUT2D eigenvalue weighted by atomic mass is 10.2. The molecule has 0 bridgehead atoms. The average molecular weight is 332 g/mol. The van der Waals surface area contributed by atoms with Crippen LogP contribution in [0.5, 0.6) is 0 Å². The highest BCUT2D eigenvalue weighted by Crippen LogP contribution is 2.39. The van der Waals surface area contributed by atoms with Crippen LogP contribution < -0.4 is 0 Å². The summed E-state index contributed by atoms with van der Waals surface area (Å²) in [5.74, 6) is 0.636. The molecule has 7 heteroatoms. The molecule has 4 rings (SSSR count). The van der Waals surface area contributed by atoms with E-state index in [2.05, 4.69) is 10.3 Å². The van der Waals surface area contributed by atoms with Crippen molar-refractivity contribution in [2.45, 2.75) is 37.5 Å². The number of nitrogens with zero attached hydrogens (tertiary/aromatic N) is 4. The Morgan fingerprint density at radius 1 is 1.26 bits per heavy atom. The molecule has 122 valence electrons. The van der Waals surface area contributed by atoms with Gasteiger partial charge in [0.15, 0.2) is 0 Å². The van der Waals surface area contributed by atoms with E-state index >= 15 is 0 Å². The number of aryl methyl sites for hydroxylation is 1. The number of hydrogen-bond acceptors (Lipinski definition) is 4. The first-order valence-electron chi connectivity index (χ1n) is 7.96. The Morgan fingerprint density at radius 3 is 2.74 bits per heavy atom. The van der Waals surface area contributed by atoms with E-state index in [0.29, 0.717) is 19.0 Å². The Morgan fingerprint density at radius 2 is 2.04 bits per heavy atom. The molecule has 1 aliphatic carbocycles. The molecule has 0 spiro atoms. The summed E-state index contributed by atoms with van der Waals surface area (Å²) in [5.41, 5.74) is 2.96. The van der Waals surface area contributed by atoms with Crippen LogP contribution in [0.25, 0.3) is 0 Å². The standard InChI is InChI=1S/C16H20N4O2S/c1-12-3-2-4-13(7-12)11-23(21,22)19-8-15(9-19)20-10-16(17-18-20)14-5-6-14/h2-4,7,10,14-15H,5-6,8-9,11H2,1H3. The molecule has 0 N–H and O–H groups in total. The minimum Gasteiger partial charge on any atom is -0.247 e. The molecule has 23 heavy (non-hydrogen) atoms. The quantitative estimate of drug-likeness (QED) is 0.838. The summed E-state index contributed by atoms with van der Waals surface area (Å²) in [4.78, 5) is 0. The van der Waals surface area contributed by atoms with Gasteiger partial charge >= 0.3 is 0 Å². The molecule has 2 aromatic rings. The van der Waals surface area contributed by atoms with Gasteiger partial charge in [0.05, 0.1) is 17.5 Å². The van der Waals surface area contributed by atoms with Crippen molar-refractivity contribution in [1.29, 1.82) is 0 Å². The Hall–Kier alpha value is -1.73. The summed E-state index contributed by atoms with van der Waals surface area (Å²) in [7, 11) is -3.26. The predicted molar refractivity (Wildman–Crippen MR) is 86.4 cm³/mol. The van der Waals surface area contributed by atoms with Gasteiger partial charge in [-0.15, -0.1) is 5.10 Å². The van der Waals surface area contributed by atoms with Gasteiger partial charge in [-0.25, -0.2) is 13.1 Å². The fraction of sp³-hybridized carbons (Fsp3) is 0.500. The summed E-state index contributed by atoms with van der Waals surface area (Å²) >= 11 is 0. The molecule has 1 aromatic carbocycles. The maximum atomic E-state index is 12.5. The molecule has 0 radical (unpaired) electrons. The molecule has 0 atom stereocenters. The van der Waals surface area contributed by atoms with E-state index in [1.165, 1.54) is 12.8 Å². The van der Waals surface area contributed by atoms with Crippen LogP contribution in [0.3, 0.4) is 0 Å². The smallest absolute Gasteiger partial charge is 0.218 e. The Bertz CT molecular complexity index is 820. The molecule has 2 fully saturated rings. The van der Waals surface area contributed by atoms with Crippen LogP contribution in [0.2, 0.25) is 0 Å². The predicted octanol–water partition coefficient (Wildman–Crippen LogP) is 1.85. The number of hydrogen-bond donors (Lipinski definition) is 0. The van der Waals surface area contributed by atoms with Gasteiger partial charge in [-0.3, -0.25) is 0 Å². The van der Waals surface area contributed by atoms with Gasteiger partial charge in [0, 0.05) is 25.2 Å². The molecule has 0 unspecified atom stereocenters. The van der Waals surface area contributed by atoms with Gasteiger partial charge in [-0.05, 0) is 25.3 Å². The van der Waals surface area contributed by atoms with Crippen molar-refractivity contribution in [2.24, 2.45) is 0 Å². The normalized spacial score (nSPS) is 19.7.